The fraction of sp³-hybridized carbons (Fsp3) is 0.167. The lowest BCUT2D eigenvalue weighted by atomic mass is 10.3. The zero-order chi connectivity index (χ0) is 9.30. The van der Waals surface area contributed by atoms with E-state index in [2.05, 4.69) is 4.98 Å². The van der Waals surface area contributed by atoms with Crippen molar-refractivity contribution in [2.24, 2.45) is 0 Å². The molecule has 0 radical (unpaired) electrons. The molecule has 1 aromatic rings. The Hall–Kier alpha value is -1.20. The van der Waals surface area contributed by atoms with Crippen molar-refractivity contribution in [3.63, 3.8) is 0 Å². The number of rotatable bonds is 1. The zero-order valence-electron chi connectivity index (χ0n) is 5.49. The number of hydrogen-bond acceptors (Lipinski definition) is 1. The lowest BCUT2D eigenvalue weighted by Gasteiger charge is -2.00. The van der Waals surface area contributed by atoms with Gasteiger partial charge in [0.05, 0.1) is 0 Å². The molecular formula is C6H2F5N. The highest BCUT2D eigenvalue weighted by atomic mass is 19.3. The first-order valence-electron chi connectivity index (χ1n) is 2.82. The van der Waals surface area contributed by atoms with Crippen LogP contribution in [-0.2, 0) is 0 Å². The van der Waals surface area contributed by atoms with E-state index in [9.17, 15) is 22.0 Å². The number of nitrogens with zero attached hydrogens (tertiary/aromatic N) is 1. The molecule has 66 valence electrons. The van der Waals surface area contributed by atoms with Crippen molar-refractivity contribution >= 4 is 0 Å². The Morgan fingerprint density at radius 3 is 2.25 bits per heavy atom. The summed E-state index contributed by atoms with van der Waals surface area (Å²) in [4.78, 5) is 2.50. The summed E-state index contributed by atoms with van der Waals surface area (Å²) in [5.74, 6) is -4.95. The quantitative estimate of drug-likeness (QED) is 0.481. The summed E-state index contributed by atoms with van der Waals surface area (Å²) in [7, 11) is 0. The van der Waals surface area contributed by atoms with Gasteiger partial charge in [-0.1, -0.05) is 0 Å². The highest BCUT2D eigenvalue weighted by molar-refractivity contribution is 5.11. The Morgan fingerprint density at radius 1 is 1.17 bits per heavy atom. The molecule has 6 heteroatoms. The molecule has 0 aliphatic heterocycles. The molecule has 0 bridgehead atoms. The number of pyridine rings is 1. The van der Waals surface area contributed by atoms with Crippen LogP contribution in [0.5, 0.6) is 0 Å². The van der Waals surface area contributed by atoms with Gasteiger partial charge in [-0.25, -0.2) is 22.5 Å². The number of aromatic nitrogens is 1. The van der Waals surface area contributed by atoms with Crippen molar-refractivity contribution in [2.45, 2.75) is 6.43 Å². The maximum Gasteiger partial charge on any atom is 0.283 e. The number of hydrogen-bond donors (Lipinski definition) is 0. The first-order valence-corrected chi connectivity index (χ1v) is 2.82. The molecular weight excluding hydrogens is 181 g/mol. The van der Waals surface area contributed by atoms with E-state index in [0.717, 1.165) is 0 Å². The van der Waals surface area contributed by atoms with Crippen molar-refractivity contribution in [3.05, 3.63) is 29.3 Å². The molecule has 0 aliphatic rings. The van der Waals surface area contributed by atoms with Gasteiger partial charge in [-0.05, 0) is 0 Å². The molecule has 0 aromatic carbocycles. The van der Waals surface area contributed by atoms with Crippen molar-refractivity contribution in [2.75, 3.05) is 0 Å². The first-order chi connectivity index (χ1) is 5.52. The third-order valence-corrected chi connectivity index (χ3v) is 1.11. The summed E-state index contributed by atoms with van der Waals surface area (Å²) in [6, 6.07) is 0.0984. The molecule has 0 N–H and O–H groups in total. The second-order valence-corrected chi connectivity index (χ2v) is 1.93. The van der Waals surface area contributed by atoms with E-state index in [4.69, 9.17) is 0 Å². The fourth-order valence-corrected chi connectivity index (χ4v) is 0.631. The predicted molar refractivity (Wildman–Crippen MR) is 29.1 cm³/mol. The molecule has 0 unspecified atom stereocenters. The van der Waals surface area contributed by atoms with Gasteiger partial charge in [0.1, 0.15) is 5.69 Å². The van der Waals surface area contributed by atoms with Crippen LogP contribution in [-0.4, -0.2) is 4.98 Å². The van der Waals surface area contributed by atoms with Gasteiger partial charge < -0.3 is 0 Å². The van der Waals surface area contributed by atoms with Crippen molar-refractivity contribution in [1.82, 2.24) is 4.98 Å². The van der Waals surface area contributed by atoms with Crippen molar-refractivity contribution in [3.8, 4) is 0 Å². The van der Waals surface area contributed by atoms with Gasteiger partial charge in [0.25, 0.3) is 6.43 Å². The van der Waals surface area contributed by atoms with Gasteiger partial charge in [-0.3, -0.25) is 0 Å². The van der Waals surface area contributed by atoms with Gasteiger partial charge in [0.2, 0.25) is 5.95 Å². The van der Waals surface area contributed by atoms with E-state index in [1.165, 1.54) is 0 Å². The third kappa shape index (κ3) is 1.51. The summed E-state index contributed by atoms with van der Waals surface area (Å²) in [5, 5.41) is 0. The van der Waals surface area contributed by atoms with Crippen LogP contribution < -0.4 is 0 Å². The van der Waals surface area contributed by atoms with E-state index in [1.807, 2.05) is 0 Å². The monoisotopic (exact) mass is 183 g/mol. The van der Waals surface area contributed by atoms with Crippen LogP contribution >= 0.6 is 0 Å². The third-order valence-electron chi connectivity index (χ3n) is 1.11. The highest BCUT2D eigenvalue weighted by Gasteiger charge is 2.20. The lowest BCUT2D eigenvalue weighted by molar-refractivity contribution is 0.137. The van der Waals surface area contributed by atoms with Crippen molar-refractivity contribution < 1.29 is 22.0 Å². The molecule has 0 amide bonds. The van der Waals surface area contributed by atoms with Crippen LogP contribution in [0.2, 0.25) is 0 Å². The topological polar surface area (TPSA) is 12.9 Å². The summed E-state index contributed by atoms with van der Waals surface area (Å²) in [6.07, 6.45) is -3.32. The van der Waals surface area contributed by atoms with Gasteiger partial charge in [-0.2, -0.15) is 4.39 Å². The van der Waals surface area contributed by atoms with Crippen LogP contribution in [0.15, 0.2) is 6.07 Å². The average Bonchev–Trinajstić information content (AvgIpc) is 1.96. The molecule has 0 fully saturated rings. The average molecular weight is 183 g/mol. The standard InChI is InChI=1S/C6H2F5N/c7-2-1-3(8)12-5(4(2)9)6(10)11/h1,6H. The molecule has 1 nitrogen and oxygen atoms in total. The number of alkyl halides is 2. The first kappa shape index (κ1) is 8.89. The smallest absolute Gasteiger partial charge is 0.215 e. The predicted octanol–water partition coefficient (Wildman–Crippen LogP) is 2.44. The Kier molecular flexibility index (Phi) is 2.25. The van der Waals surface area contributed by atoms with E-state index < -0.39 is 29.7 Å². The summed E-state index contributed by atoms with van der Waals surface area (Å²) in [6.45, 7) is 0. The SMILES string of the molecule is Fc1cc(F)c(F)c(C(F)F)n1. The van der Waals surface area contributed by atoms with Gasteiger partial charge in [-0.15, -0.1) is 0 Å². The molecule has 1 aromatic heterocycles. The Morgan fingerprint density at radius 2 is 1.75 bits per heavy atom. The second-order valence-electron chi connectivity index (χ2n) is 1.93. The van der Waals surface area contributed by atoms with Gasteiger partial charge in [0.15, 0.2) is 11.6 Å². The van der Waals surface area contributed by atoms with Gasteiger partial charge >= 0.3 is 0 Å². The molecule has 12 heavy (non-hydrogen) atoms. The molecule has 0 saturated heterocycles. The summed E-state index contributed by atoms with van der Waals surface area (Å²) in [5.41, 5.74) is -1.51. The zero-order valence-corrected chi connectivity index (χ0v) is 5.49. The van der Waals surface area contributed by atoms with Crippen LogP contribution in [0.3, 0.4) is 0 Å². The number of halogens is 5. The van der Waals surface area contributed by atoms with Crippen molar-refractivity contribution in [1.29, 1.82) is 0 Å². The lowest BCUT2D eigenvalue weighted by Crippen LogP contribution is -2.01. The van der Waals surface area contributed by atoms with E-state index in [0.29, 0.717) is 0 Å². The van der Waals surface area contributed by atoms with Gasteiger partial charge in [0, 0.05) is 6.07 Å². The minimum absolute atomic E-state index is 0.0984. The maximum absolute atomic E-state index is 12.3. The molecule has 0 atom stereocenters. The molecule has 0 aliphatic carbocycles. The maximum atomic E-state index is 12.3. The fourth-order valence-electron chi connectivity index (χ4n) is 0.631. The summed E-state index contributed by atoms with van der Waals surface area (Å²) < 4.78 is 60.2. The van der Waals surface area contributed by atoms with Crippen LogP contribution in [0, 0.1) is 17.6 Å². The Bertz CT molecular complexity index is 298. The van der Waals surface area contributed by atoms with Crippen LogP contribution in [0.1, 0.15) is 12.1 Å². The minimum Gasteiger partial charge on any atom is -0.215 e. The Balaban J connectivity index is 3.28. The minimum atomic E-state index is -3.32. The molecule has 1 rings (SSSR count). The van der Waals surface area contributed by atoms with Crippen LogP contribution in [0.25, 0.3) is 0 Å². The largest absolute Gasteiger partial charge is 0.283 e. The van der Waals surface area contributed by atoms with E-state index >= 15 is 0 Å². The van der Waals surface area contributed by atoms with E-state index in [-0.39, 0.29) is 6.07 Å². The Labute approximate surface area is 63.8 Å². The molecule has 1 heterocycles. The van der Waals surface area contributed by atoms with E-state index in [1.54, 1.807) is 0 Å². The summed E-state index contributed by atoms with van der Waals surface area (Å²) >= 11 is 0. The molecule has 0 saturated carbocycles. The molecule has 0 spiro atoms. The second kappa shape index (κ2) is 3.04. The van der Waals surface area contributed by atoms with Crippen LogP contribution in [0.4, 0.5) is 22.0 Å². The normalized spacial score (nSPS) is 10.8. The highest BCUT2D eigenvalue weighted by Crippen LogP contribution is 2.21.